The first-order chi connectivity index (χ1) is 17.8. The lowest BCUT2D eigenvalue weighted by atomic mass is 9.99. The zero-order valence-electron chi connectivity index (χ0n) is 22.1. The quantitative estimate of drug-likeness (QED) is 0.583. The third-order valence-electron chi connectivity index (χ3n) is 7.36. The highest BCUT2D eigenvalue weighted by Crippen LogP contribution is 2.32. The van der Waals surface area contributed by atoms with Crippen molar-refractivity contribution < 1.29 is 14.0 Å². The van der Waals surface area contributed by atoms with E-state index in [1.54, 1.807) is 29.2 Å². The zero-order chi connectivity index (χ0) is 26.5. The van der Waals surface area contributed by atoms with Gasteiger partial charge in [-0.25, -0.2) is 19.2 Å². The highest BCUT2D eigenvalue weighted by atomic mass is 19.1. The first kappa shape index (κ1) is 26.7. The van der Waals surface area contributed by atoms with Crippen LogP contribution in [0.4, 0.5) is 9.18 Å². The largest absolute Gasteiger partial charge is 0.369 e. The number of hydrazine groups is 1. The molecule has 2 aromatic carbocycles. The van der Waals surface area contributed by atoms with Gasteiger partial charge in [0.2, 0.25) is 5.91 Å². The Morgan fingerprint density at radius 1 is 1.05 bits per heavy atom. The number of rotatable bonds is 8. The number of aryl methyl sites for hydroxylation is 1. The second-order valence-corrected chi connectivity index (χ2v) is 9.89. The number of carbonyl (C=O) groups excluding carboxylic acids is 2. The summed E-state index contributed by atoms with van der Waals surface area (Å²) in [5, 5.41) is 6.45. The molecule has 2 atom stereocenters. The van der Waals surface area contributed by atoms with Gasteiger partial charge in [-0.05, 0) is 48.1 Å². The summed E-state index contributed by atoms with van der Waals surface area (Å²) < 4.78 is 13.4. The predicted molar refractivity (Wildman–Crippen MR) is 143 cm³/mol. The molecule has 3 amide bonds. The Morgan fingerprint density at radius 3 is 2.35 bits per heavy atom. The summed E-state index contributed by atoms with van der Waals surface area (Å²) >= 11 is 0. The molecule has 2 aliphatic heterocycles. The van der Waals surface area contributed by atoms with E-state index in [1.165, 1.54) is 17.7 Å². The van der Waals surface area contributed by atoms with Gasteiger partial charge in [-0.15, -0.1) is 0 Å². The summed E-state index contributed by atoms with van der Waals surface area (Å²) in [4.78, 5) is 30.8. The maximum absolute atomic E-state index is 13.5. The van der Waals surface area contributed by atoms with Crippen LogP contribution < -0.4 is 5.32 Å². The van der Waals surface area contributed by atoms with Crippen LogP contribution in [0.2, 0.25) is 0 Å². The number of amides is 3. The van der Waals surface area contributed by atoms with Gasteiger partial charge in [0.05, 0.1) is 19.1 Å². The van der Waals surface area contributed by atoms with Crippen molar-refractivity contribution >= 4 is 11.9 Å². The van der Waals surface area contributed by atoms with Crippen molar-refractivity contribution in [1.29, 1.82) is 0 Å². The van der Waals surface area contributed by atoms with E-state index in [0.717, 1.165) is 36.1 Å². The lowest BCUT2D eigenvalue weighted by Gasteiger charge is -2.56. The molecule has 1 unspecified atom stereocenters. The lowest BCUT2D eigenvalue weighted by Crippen LogP contribution is -2.74. The number of fused-ring (bicyclic) bond motifs is 1. The first-order valence-electron chi connectivity index (χ1n) is 13.2. The Bertz CT molecular complexity index is 1100. The van der Waals surface area contributed by atoms with Gasteiger partial charge in [0, 0.05) is 25.8 Å². The van der Waals surface area contributed by atoms with Crippen LogP contribution in [0.25, 0.3) is 0 Å². The second kappa shape index (κ2) is 11.8. The Labute approximate surface area is 219 Å². The molecule has 2 heterocycles. The van der Waals surface area contributed by atoms with E-state index in [9.17, 15) is 14.0 Å². The van der Waals surface area contributed by atoms with Gasteiger partial charge in [0.15, 0.2) is 0 Å². The average Bonchev–Trinajstić information content (AvgIpc) is 2.89. The maximum Gasteiger partial charge on any atom is 0.334 e. The van der Waals surface area contributed by atoms with Gasteiger partial charge in [0.25, 0.3) is 0 Å². The number of nitrogens with one attached hydrogen (secondary N) is 1. The molecule has 8 heteroatoms. The van der Waals surface area contributed by atoms with Gasteiger partial charge < -0.3 is 15.1 Å². The highest BCUT2D eigenvalue weighted by molar-refractivity contribution is 5.83. The second-order valence-electron chi connectivity index (χ2n) is 9.89. The molecule has 0 aromatic heterocycles. The number of hydrogen-bond donors (Lipinski definition) is 1. The minimum Gasteiger partial charge on any atom is -0.369 e. The third-order valence-corrected chi connectivity index (χ3v) is 7.36. The SMILES string of the molecule is C=C1[C@H](CCC)N2C(=O)CN(C)N(C(=O)NCc3ccc(CC)cc3)C2CN1CCc1ccc(F)cc1. The summed E-state index contributed by atoms with van der Waals surface area (Å²) in [7, 11) is 1.78. The molecule has 0 aliphatic carbocycles. The molecule has 0 saturated carbocycles. The molecule has 37 heavy (non-hydrogen) atoms. The standard InChI is InChI=1S/C29H38FN5O2/c1-5-7-26-21(3)33(17-16-23-12-14-25(30)15-13-23)19-27-34(26)28(36)20-32(4)35(27)29(37)31-18-24-10-8-22(6-2)9-11-24/h8-15,26-27H,3,5-7,16-20H2,1-2,4H3,(H,31,37)/t26-,27?/m0/s1. The third kappa shape index (κ3) is 5.96. The number of likely N-dealkylation sites (N-methyl/N-ethyl adjacent to an activating group) is 1. The molecule has 0 bridgehead atoms. The van der Waals surface area contributed by atoms with Crippen molar-refractivity contribution in [3.05, 3.63) is 83.3 Å². The first-order valence-corrected chi connectivity index (χ1v) is 13.2. The van der Waals surface area contributed by atoms with E-state index in [4.69, 9.17) is 0 Å². The summed E-state index contributed by atoms with van der Waals surface area (Å²) in [5.41, 5.74) is 4.21. The molecule has 2 aromatic rings. The van der Waals surface area contributed by atoms with Crippen LogP contribution in [0.15, 0.2) is 60.8 Å². The predicted octanol–water partition coefficient (Wildman–Crippen LogP) is 4.16. The fourth-order valence-corrected chi connectivity index (χ4v) is 5.27. The van der Waals surface area contributed by atoms with Crippen LogP contribution in [0, 0.1) is 5.82 Å². The summed E-state index contributed by atoms with van der Waals surface area (Å²) in [6.45, 7) is 10.3. The molecule has 7 nitrogen and oxygen atoms in total. The van der Waals surface area contributed by atoms with Crippen molar-refractivity contribution in [2.24, 2.45) is 0 Å². The van der Waals surface area contributed by atoms with Gasteiger partial charge in [-0.1, -0.05) is 63.2 Å². The van der Waals surface area contributed by atoms with Crippen molar-refractivity contribution in [2.45, 2.75) is 58.3 Å². The van der Waals surface area contributed by atoms with Crippen molar-refractivity contribution in [1.82, 2.24) is 25.1 Å². The Morgan fingerprint density at radius 2 is 1.70 bits per heavy atom. The molecule has 2 aliphatic rings. The van der Waals surface area contributed by atoms with Crippen molar-refractivity contribution in [3.8, 4) is 0 Å². The molecule has 2 fully saturated rings. The van der Waals surface area contributed by atoms with Gasteiger partial charge in [0.1, 0.15) is 12.0 Å². The summed E-state index contributed by atoms with van der Waals surface area (Å²) in [6.07, 6.45) is 2.91. The lowest BCUT2D eigenvalue weighted by molar-refractivity contribution is -0.175. The fraction of sp³-hybridized carbons (Fsp3) is 0.448. The fourth-order valence-electron chi connectivity index (χ4n) is 5.27. The molecule has 0 radical (unpaired) electrons. The van der Waals surface area contributed by atoms with E-state index in [-0.39, 0.29) is 30.3 Å². The monoisotopic (exact) mass is 507 g/mol. The van der Waals surface area contributed by atoms with Gasteiger partial charge >= 0.3 is 6.03 Å². The van der Waals surface area contributed by atoms with Crippen LogP contribution in [-0.4, -0.2) is 70.6 Å². The molecular formula is C29H38FN5O2. The number of nitrogens with zero attached hydrogens (tertiary/aromatic N) is 4. The maximum atomic E-state index is 13.5. The van der Waals surface area contributed by atoms with Gasteiger partial charge in [-0.2, -0.15) is 0 Å². The zero-order valence-corrected chi connectivity index (χ0v) is 22.1. The normalized spacial score (nSPS) is 20.3. The summed E-state index contributed by atoms with van der Waals surface area (Å²) in [6, 6.07) is 14.4. The van der Waals surface area contributed by atoms with Crippen LogP contribution in [0.3, 0.4) is 0 Å². The minimum atomic E-state index is -0.441. The molecule has 198 valence electrons. The Hall–Kier alpha value is -3.39. The smallest absolute Gasteiger partial charge is 0.334 e. The highest BCUT2D eigenvalue weighted by Gasteiger charge is 2.48. The number of hydrogen-bond acceptors (Lipinski definition) is 4. The number of halogens is 1. The van der Waals surface area contributed by atoms with E-state index < -0.39 is 6.17 Å². The minimum absolute atomic E-state index is 0.00416. The number of benzene rings is 2. The molecule has 1 N–H and O–H groups in total. The summed E-state index contributed by atoms with van der Waals surface area (Å²) in [5.74, 6) is -0.249. The molecule has 2 saturated heterocycles. The Kier molecular flexibility index (Phi) is 8.48. The van der Waals surface area contributed by atoms with E-state index in [0.29, 0.717) is 26.1 Å². The van der Waals surface area contributed by atoms with Crippen LogP contribution in [0.5, 0.6) is 0 Å². The van der Waals surface area contributed by atoms with E-state index >= 15 is 0 Å². The van der Waals surface area contributed by atoms with E-state index in [1.807, 2.05) is 17.0 Å². The molecule has 4 rings (SSSR count). The average molecular weight is 508 g/mol. The van der Waals surface area contributed by atoms with Crippen molar-refractivity contribution in [2.75, 3.05) is 26.7 Å². The number of carbonyl (C=O) groups is 2. The van der Waals surface area contributed by atoms with Gasteiger partial charge in [-0.3, -0.25) is 4.79 Å². The number of piperazine rings is 1. The molecule has 0 spiro atoms. The van der Waals surface area contributed by atoms with Crippen molar-refractivity contribution in [3.63, 3.8) is 0 Å². The van der Waals surface area contributed by atoms with E-state index in [2.05, 4.69) is 42.8 Å². The topological polar surface area (TPSA) is 59.1 Å². The number of urea groups is 1. The molecular weight excluding hydrogens is 469 g/mol. The Balaban J connectivity index is 1.52. The van der Waals surface area contributed by atoms with Crippen LogP contribution in [-0.2, 0) is 24.2 Å². The van der Waals surface area contributed by atoms with Crippen LogP contribution >= 0.6 is 0 Å². The van der Waals surface area contributed by atoms with Crippen LogP contribution in [0.1, 0.15) is 43.4 Å².